The summed E-state index contributed by atoms with van der Waals surface area (Å²) in [5.74, 6) is -0.500. The summed E-state index contributed by atoms with van der Waals surface area (Å²) < 4.78 is 5.02. The van der Waals surface area contributed by atoms with Gasteiger partial charge in [0.1, 0.15) is 0 Å². The topological polar surface area (TPSA) is 44.8 Å². The van der Waals surface area contributed by atoms with Crippen molar-refractivity contribution in [1.82, 2.24) is 0 Å². The highest BCUT2D eigenvalue weighted by Gasteiger charge is 2.08. The molecule has 0 aliphatic carbocycles. The third-order valence-electron chi connectivity index (χ3n) is 3.09. The molecular weight excluding hydrogens is 268 g/mol. The first-order valence-electron chi connectivity index (χ1n) is 7.64. The van der Waals surface area contributed by atoms with Crippen molar-refractivity contribution in [2.24, 2.45) is 0 Å². The molecule has 0 spiro atoms. The monoisotopic (exact) mass is 293 g/mol. The van der Waals surface area contributed by atoms with Crippen LogP contribution in [0.2, 0.25) is 0 Å². The van der Waals surface area contributed by atoms with Gasteiger partial charge < -0.3 is 4.74 Å². The molecule has 0 aliphatic rings. The summed E-state index contributed by atoms with van der Waals surface area (Å²) in [5.41, 5.74) is 1.73. The van der Waals surface area contributed by atoms with Gasteiger partial charge in [0.25, 0.3) is 0 Å². The molecule has 4 heteroatoms. The van der Waals surface area contributed by atoms with Gasteiger partial charge in [-0.2, -0.15) is 4.89 Å². The Kier molecular flexibility index (Phi) is 9.49. The summed E-state index contributed by atoms with van der Waals surface area (Å²) >= 11 is 0. The SMILES string of the molecule is CCCCCCc1ccc(C(=O)OO[CH]COCC)cc1. The normalized spacial score (nSPS) is 10.6. The van der Waals surface area contributed by atoms with Crippen molar-refractivity contribution in [2.75, 3.05) is 13.2 Å². The summed E-state index contributed by atoms with van der Waals surface area (Å²) in [6, 6.07) is 7.46. The highest BCUT2D eigenvalue weighted by molar-refractivity contribution is 5.88. The molecule has 0 bridgehead atoms. The predicted molar refractivity (Wildman–Crippen MR) is 81.6 cm³/mol. The Morgan fingerprint density at radius 3 is 2.52 bits per heavy atom. The van der Waals surface area contributed by atoms with E-state index in [1.165, 1.54) is 37.9 Å². The number of unbranched alkanes of at least 4 members (excludes halogenated alkanes) is 3. The molecule has 1 radical (unpaired) electrons. The molecule has 1 aromatic rings. The molecule has 0 amide bonds. The molecule has 1 aromatic carbocycles. The lowest BCUT2D eigenvalue weighted by Crippen LogP contribution is -2.07. The lowest BCUT2D eigenvalue weighted by Gasteiger charge is -2.05. The minimum absolute atomic E-state index is 0.292. The molecule has 117 valence electrons. The van der Waals surface area contributed by atoms with Crippen LogP contribution in [0.3, 0.4) is 0 Å². The van der Waals surface area contributed by atoms with Gasteiger partial charge in [-0.3, -0.25) is 4.89 Å². The fourth-order valence-electron chi connectivity index (χ4n) is 1.88. The summed E-state index contributed by atoms with van der Waals surface area (Å²) in [5, 5.41) is 0. The van der Waals surface area contributed by atoms with E-state index in [0.717, 1.165) is 6.42 Å². The number of aryl methyl sites for hydroxylation is 1. The first-order chi connectivity index (χ1) is 10.3. The minimum Gasteiger partial charge on any atom is -0.379 e. The van der Waals surface area contributed by atoms with E-state index in [1.54, 1.807) is 12.1 Å². The van der Waals surface area contributed by atoms with Gasteiger partial charge in [0.05, 0.1) is 12.2 Å². The Labute approximate surface area is 127 Å². The molecule has 0 aliphatic heterocycles. The van der Waals surface area contributed by atoms with Crippen LogP contribution in [-0.4, -0.2) is 19.2 Å². The zero-order valence-corrected chi connectivity index (χ0v) is 13.0. The zero-order chi connectivity index (χ0) is 15.3. The molecule has 0 N–H and O–H groups in total. The van der Waals surface area contributed by atoms with Crippen molar-refractivity contribution in [3.8, 4) is 0 Å². The molecule has 0 saturated carbocycles. The second-order valence-corrected chi connectivity index (χ2v) is 4.80. The second-order valence-electron chi connectivity index (χ2n) is 4.80. The van der Waals surface area contributed by atoms with E-state index >= 15 is 0 Å². The smallest absolute Gasteiger partial charge is 0.373 e. The van der Waals surface area contributed by atoms with Gasteiger partial charge in [-0.15, -0.1) is 0 Å². The average molecular weight is 293 g/mol. The maximum absolute atomic E-state index is 11.7. The average Bonchev–Trinajstić information content (AvgIpc) is 2.52. The fourth-order valence-corrected chi connectivity index (χ4v) is 1.88. The molecule has 0 atom stereocenters. The zero-order valence-electron chi connectivity index (χ0n) is 13.0. The molecule has 1 rings (SSSR count). The van der Waals surface area contributed by atoms with E-state index in [9.17, 15) is 4.79 Å². The second kappa shape index (κ2) is 11.3. The van der Waals surface area contributed by atoms with Crippen LogP contribution in [0.25, 0.3) is 0 Å². The van der Waals surface area contributed by atoms with Crippen molar-refractivity contribution in [2.45, 2.75) is 46.0 Å². The molecule has 0 fully saturated rings. The Bertz CT molecular complexity index is 386. The molecule has 21 heavy (non-hydrogen) atoms. The van der Waals surface area contributed by atoms with E-state index < -0.39 is 5.97 Å². The summed E-state index contributed by atoms with van der Waals surface area (Å²) in [6.45, 7) is 6.27. The number of rotatable bonds is 11. The lowest BCUT2D eigenvalue weighted by atomic mass is 10.0. The lowest BCUT2D eigenvalue weighted by molar-refractivity contribution is -0.218. The van der Waals surface area contributed by atoms with Crippen LogP contribution in [0, 0.1) is 6.61 Å². The highest BCUT2D eigenvalue weighted by atomic mass is 17.2. The quantitative estimate of drug-likeness (QED) is 0.350. The van der Waals surface area contributed by atoms with Crippen LogP contribution >= 0.6 is 0 Å². The predicted octanol–water partition coefficient (Wildman–Crippen LogP) is 4.10. The summed E-state index contributed by atoms with van der Waals surface area (Å²) in [4.78, 5) is 21.0. The fraction of sp³-hybridized carbons (Fsp3) is 0.529. The molecule has 0 unspecified atom stereocenters. The largest absolute Gasteiger partial charge is 0.379 e. The standard InChI is InChI=1S/C17H25O4/c1-3-5-6-7-8-15-9-11-16(12-10-15)17(18)21-20-14-13-19-4-2/h9-12,14H,3-8,13H2,1-2H3. The van der Waals surface area contributed by atoms with Gasteiger partial charge >= 0.3 is 5.97 Å². The van der Waals surface area contributed by atoms with Crippen LogP contribution < -0.4 is 0 Å². The number of benzene rings is 1. The highest BCUT2D eigenvalue weighted by Crippen LogP contribution is 2.10. The van der Waals surface area contributed by atoms with Crippen LogP contribution in [0.15, 0.2) is 24.3 Å². The van der Waals surface area contributed by atoms with Gasteiger partial charge in [-0.05, 0) is 37.5 Å². The third kappa shape index (κ3) is 7.83. The summed E-state index contributed by atoms with van der Waals surface area (Å²) in [7, 11) is 0. The van der Waals surface area contributed by atoms with E-state index in [2.05, 4.69) is 16.7 Å². The van der Waals surface area contributed by atoms with Crippen LogP contribution in [0.5, 0.6) is 0 Å². The van der Waals surface area contributed by atoms with Gasteiger partial charge in [-0.25, -0.2) is 4.79 Å². The Balaban J connectivity index is 2.27. The molecular formula is C17H25O4. The van der Waals surface area contributed by atoms with E-state index in [4.69, 9.17) is 4.74 Å². The minimum atomic E-state index is -0.500. The van der Waals surface area contributed by atoms with E-state index in [0.29, 0.717) is 18.8 Å². The van der Waals surface area contributed by atoms with Gasteiger partial charge in [0.15, 0.2) is 6.61 Å². The Hall–Kier alpha value is -1.39. The maximum Gasteiger partial charge on any atom is 0.373 e. The first kappa shape index (κ1) is 17.7. The van der Waals surface area contributed by atoms with Crippen molar-refractivity contribution in [3.05, 3.63) is 42.0 Å². The molecule has 0 aromatic heterocycles. The van der Waals surface area contributed by atoms with Crippen LogP contribution in [0.1, 0.15) is 55.5 Å². The number of carbonyl (C=O) groups excluding carboxylic acids is 1. The number of hydrogen-bond acceptors (Lipinski definition) is 4. The number of carbonyl (C=O) groups is 1. The van der Waals surface area contributed by atoms with Crippen molar-refractivity contribution in [3.63, 3.8) is 0 Å². The Morgan fingerprint density at radius 2 is 1.86 bits per heavy atom. The van der Waals surface area contributed by atoms with Gasteiger partial charge in [-0.1, -0.05) is 38.3 Å². The van der Waals surface area contributed by atoms with E-state index in [1.807, 2.05) is 19.1 Å². The third-order valence-corrected chi connectivity index (χ3v) is 3.09. The number of hydrogen-bond donors (Lipinski definition) is 0. The van der Waals surface area contributed by atoms with Crippen LogP contribution in [0.4, 0.5) is 0 Å². The van der Waals surface area contributed by atoms with Crippen LogP contribution in [-0.2, 0) is 20.9 Å². The first-order valence-corrected chi connectivity index (χ1v) is 7.64. The Morgan fingerprint density at radius 1 is 1.10 bits per heavy atom. The van der Waals surface area contributed by atoms with E-state index in [-0.39, 0.29) is 0 Å². The van der Waals surface area contributed by atoms with Crippen molar-refractivity contribution in [1.29, 1.82) is 0 Å². The van der Waals surface area contributed by atoms with Crippen molar-refractivity contribution < 1.29 is 19.3 Å². The number of ether oxygens (including phenoxy) is 1. The molecule has 4 nitrogen and oxygen atoms in total. The van der Waals surface area contributed by atoms with Gasteiger partial charge in [0, 0.05) is 6.61 Å². The molecule has 0 heterocycles. The molecule has 0 saturated heterocycles. The van der Waals surface area contributed by atoms with Gasteiger partial charge in [0.2, 0.25) is 0 Å². The summed E-state index contributed by atoms with van der Waals surface area (Å²) in [6.07, 6.45) is 6.01. The maximum atomic E-state index is 11.7. The van der Waals surface area contributed by atoms with Crippen molar-refractivity contribution >= 4 is 5.97 Å².